The molecule has 0 amide bonds. The summed E-state index contributed by atoms with van der Waals surface area (Å²) in [5, 5.41) is 6.42. The normalized spacial score (nSPS) is 14.6. The second-order valence-electron chi connectivity index (χ2n) is 6.07. The van der Waals surface area contributed by atoms with Crippen LogP contribution >= 0.6 is 24.0 Å². The Kier molecular flexibility index (Phi) is 8.86. The van der Waals surface area contributed by atoms with Crippen LogP contribution < -0.4 is 15.5 Å². The molecule has 1 fully saturated rings. The highest BCUT2D eigenvalue weighted by Crippen LogP contribution is 2.21. The van der Waals surface area contributed by atoms with Crippen LogP contribution in [-0.2, 0) is 17.7 Å². The van der Waals surface area contributed by atoms with Crippen molar-refractivity contribution in [2.24, 2.45) is 4.99 Å². The van der Waals surface area contributed by atoms with Gasteiger partial charge in [0.25, 0.3) is 0 Å². The number of aliphatic imine (C=N–C) groups is 1. The predicted molar refractivity (Wildman–Crippen MR) is 115 cm³/mol. The van der Waals surface area contributed by atoms with Crippen molar-refractivity contribution < 1.29 is 13.5 Å². The molecule has 2 aromatic rings. The van der Waals surface area contributed by atoms with Crippen molar-refractivity contribution in [3.8, 4) is 0 Å². The fourth-order valence-corrected chi connectivity index (χ4v) is 2.89. The van der Waals surface area contributed by atoms with E-state index in [0.717, 1.165) is 30.8 Å². The van der Waals surface area contributed by atoms with Gasteiger partial charge in [-0.3, -0.25) is 4.99 Å². The van der Waals surface area contributed by atoms with Crippen molar-refractivity contribution in [1.29, 1.82) is 0 Å². The summed E-state index contributed by atoms with van der Waals surface area (Å²) in [6.07, 6.45) is 2.44. The topological polar surface area (TPSA) is 62.0 Å². The van der Waals surface area contributed by atoms with Crippen LogP contribution in [0.15, 0.2) is 46.0 Å². The van der Waals surface area contributed by atoms with E-state index in [4.69, 9.17) is 9.15 Å². The number of hydrogen-bond donors (Lipinski definition) is 2. The van der Waals surface area contributed by atoms with Crippen LogP contribution in [-0.4, -0.2) is 45.9 Å². The third kappa shape index (κ3) is 6.39. The van der Waals surface area contributed by atoms with E-state index in [0.29, 0.717) is 38.0 Å². The van der Waals surface area contributed by atoms with E-state index in [1.165, 1.54) is 0 Å². The minimum absolute atomic E-state index is 0. The maximum atomic E-state index is 14.4. The number of nitrogens with one attached hydrogen (secondary N) is 2. The zero-order valence-corrected chi connectivity index (χ0v) is 17.7. The molecule has 0 spiro atoms. The lowest BCUT2D eigenvalue weighted by Gasteiger charge is -2.29. The molecular weight excluding hydrogens is 462 g/mol. The zero-order chi connectivity index (χ0) is 18.2. The molecule has 3 rings (SSSR count). The molecule has 0 saturated carbocycles. The molecule has 0 atom stereocenters. The lowest BCUT2D eigenvalue weighted by Crippen LogP contribution is -2.38. The second kappa shape index (κ2) is 11.1. The Labute approximate surface area is 176 Å². The molecule has 6 nitrogen and oxygen atoms in total. The first-order valence-electron chi connectivity index (χ1n) is 8.84. The molecule has 8 heteroatoms. The Morgan fingerprint density at radius 2 is 2.04 bits per heavy atom. The standard InChI is InChI=1S/C19H25FN4O2.HI/c1-21-19(22-7-6-16-3-2-10-26-16)23-14-15-4-5-18(17(20)13-15)24-8-11-25-12-9-24;/h2-5,10,13H,6-9,11-12,14H2,1H3,(H2,21,22,23);1H. The average Bonchev–Trinajstić information content (AvgIpc) is 3.19. The van der Waals surface area contributed by atoms with E-state index in [1.54, 1.807) is 19.4 Å². The van der Waals surface area contributed by atoms with Crippen molar-refractivity contribution in [3.05, 3.63) is 53.7 Å². The molecule has 0 bridgehead atoms. The average molecular weight is 488 g/mol. The fraction of sp³-hybridized carbons (Fsp3) is 0.421. The molecule has 1 aromatic heterocycles. The molecule has 0 radical (unpaired) electrons. The van der Waals surface area contributed by atoms with Crippen molar-refractivity contribution in [2.45, 2.75) is 13.0 Å². The first-order valence-corrected chi connectivity index (χ1v) is 8.84. The Hall–Kier alpha value is -1.81. The van der Waals surface area contributed by atoms with E-state index in [2.05, 4.69) is 15.6 Å². The van der Waals surface area contributed by atoms with Crippen LogP contribution in [0.1, 0.15) is 11.3 Å². The first kappa shape index (κ1) is 21.5. The van der Waals surface area contributed by atoms with Crippen molar-refractivity contribution in [2.75, 3.05) is 44.8 Å². The van der Waals surface area contributed by atoms with Crippen molar-refractivity contribution in [3.63, 3.8) is 0 Å². The summed E-state index contributed by atoms with van der Waals surface area (Å²) in [5.41, 5.74) is 1.51. The summed E-state index contributed by atoms with van der Waals surface area (Å²) in [6.45, 7) is 3.94. The van der Waals surface area contributed by atoms with Crippen LogP contribution in [0.4, 0.5) is 10.1 Å². The number of rotatable bonds is 6. The Bertz CT molecular complexity index is 719. The summed E-state index contributed by atoms with van der Waals surface area (Å²) in [4.78, 5) is 6.20. The summed E-state index contributed by atoms with van der Waals surface area (Å²) in [5.74, 6) is 1.40. The molecule has 1 aliphatic heterocycles. The Morgan fingerprint density at radius 1 is 1.22 bits per heavy atom. The highest BCUT2D eigenvalue weighted by Gasteiger charge is 2.15. The van der Waals surface area contributed by atoms with E-state index >= 15 is 0 Å². The number of morpholine rings is 1. The fourth-order valence-electron chi connectivity index (χ4n) is 2.89. The predicted octanol–water partition coefficient (Wildman–Crippen LogP) is 2.78. The van der Waals surface area contributed by atoms with Crippen molar-refractivity contribution >= 4 is 35.6 Å². The first-order chi connectivity index (χ1) is 12.8. The zero-order valence-electron chi connectivity index (χ0n) is 15.4. The maximum absolute atomic E-state index is 14.4. The number of halogens is 2. The van der Waals surface area contributed by atoms with Gasteiger partial charge < -0.3 is 24.7 Å². The highest BCUT2D eigenvalue weighted by atomic mass is 127. The largest absolute Gasteiger partial charge is 0.469 e. The van der Waals surface area contributed by atoms with Crippen LogP contribution in [0.5, 0.6) is 0 Å². The van der Waals surface area contributed by atoms with Crippen LogP contribution in [0, 0.1) is 5.82 Å². The van der Waals surface area contributed by atoms with Gasteiger partial charge in [0.15, 0.2) is 5.96 Å². The van der Waals surface area contributed by atoms with Crippen LogP contribution in [0.3, 0.4) is 0 Å². The molecule has 1 aromatic carbocycles. The van der Waals surface area contributed by atoms with E-state index in [-0.39, 0.29) is 29.8 Å². The van der Waals surface area contributed by atoms with Gasteiger partial charge in [0, 0.05) is 39.6 Å². The number of ether oxygens (including phenoxy) is 1. The van der Waals surface area contributed by atoms with Gasteiger partial charge in [-0.05, 0) is 29.8 Å². The molecule has 148 valence electrons. The highest BCUT2D eigenvalue weighted by molar-refractivity contribution is 14.0. The summed E-state index contributed by atoms with van der Waals surface area (Å²) < 4.78 is 25.1. The Balaban J connectivity index is 0.00000261. The van der Waals surface area contributed by atoms with Crippen LogP contribution in [0.25, 0.3) is 0 Å². The molecule has 0 aliphatic carbocycles. The SMILES string of the molecule is CN=C(NCCc1ccco1)NCc1ccc(N2CCOCC2)c(F)c1.I. The minimum atomic E-state index is -0.202. The quantitative estimate of drug-likeness (QED) is 0.372. The summed E-state index contributed by atoms with van der Waals surface area (Å²) >= 11 is 0. The van der Waals surface area contributed by atoms with Crippen LogP contribution in [0.2, 0.25) is 0 Å². The van der Waals surface area contributed by atoms with Gasteiger partial charge in [-0.2, -0.15) is 0 Å². The lowest BCUT2D eigenvalue weighted by molar-refractivity contribution is 0.122. The van der Waals surface area contributed by atoms with E-state index < -0.39 is 0 Å². The third-order valence-corrected chi connectivity index (χ3v) is 4.29. The van der Waals surface area contributed by atoms with Gasteiger partial charge in [0.05, 0.1) is 25.2 Å². The van der Waals surface area contributed by atoms with Gasteiger partial charge in [-0.15, -0.1) is 24.0 Å². The number of guanidine groups is 1. The van der Waals surface area contributed by atoms with Gasteiger partial charge in [0.1, 0.15) is 11.6 Å². The van der Waals surface area contributed by atoms with Gasteiger partial charge in [-0.1, -0.05) is 6.07 Å². The molecule has 1 saturated heterocycles. The second-order valence-corrected chi connectivity index (χ2v) is 6.07. The van der Waals surface area contributed by atoms with Gasteiger partial charge >= 0.3 is 0 Å². The number of anilines is 1. The summed E-state index contributed by atoms with van der Waals surface area (Å²) in [7, 11) is 1.71. The van der Waals surface area contributed by atoms with E-state index in [1.807, 2.05) is 29.2 Å². The van der Waals surface area contributed by atoms with E-state index in [9.17, 15) is 4.39 Å². The molecule has 2 N–H and O–H groups in total. The number of hydrogen-bond acceptors (Lipinski definition) is 4. The lowest BCUT2D eigenvalue weighted by atomic mass is 10.1. The molecule has 1 aliphatic rings. The minimum Gasteiger partial charge on any atom is -0.469 e. The third-order valence-electron chi connectivity index (χ3n) is 4.29. The molecular formula is C19H26FIN4O2. The number of furan rings is 1. The maximum Gasteiger partial charge on any atom is 0.191 e. The monoisotopic (exact) mass is 488 g/mol. The number of benzene rings is 1. The molecule has 2 heterocycles. The van der Waals surface area contributed by atoms with Gasteiger partial charge in [-0.25, -0.2) is 4.39 Å². The van der Waals surface area contributed by atoms with Crippen molar-refractivity contribution in [1.82, 2.24) is 10.6 Å². The Morgan fingerprint density at radius 3 is 2.70 bits per heavy atom. The molecule has 0 unspecified atom stereocenters. The van der Waals surface area contributed by atoms with Gasteiger partial charge in [0.2, 0.25) is 0 Å². The summed E-state index contributed by atoms with van der Waals surface area (Å²) in [6, 6.07) is 9.17. The number of nitrogens with zero attached hydrogens (tertiary/aromatic N) is 2. The molecule has 27 heavy (non-hydrogen) atoms. The smallest absolute Gasteiger partial charge is 0.191 e.